The Hall–Kier alpha value is -0.180. The third-order valence-electron chi connectivity index (χ3n) is 0.988. The maximum Gasteiger partial charge on any atom is 0.136 e. The van der Waals surface area contributed by atoms with Crippen LogP contribution in [-0.4, -0.2) is 0 Å². The van der Waals surface area contributed by atoms with Crippen LogP contribution in [0, 0.1) is 6.42 Å². The van der Waals surface area contributed by atoms with Crippen molar-refractivity contribution in [2.75, 3.05) is 0 Å². The Balaban J connectivity index is 2.83. The molecule has 49 valence electrons. The SMILES string of the molecule is FC1=CC(F)=C(Br)[CH]C1. The summed E-state index contributed by atoms with van der Waals surface area (Å²) < 4.78 is 24.8. The standard InChI is InChI=1S/C6H4BrF2/c7-5-2-1-4(8)3-6(5)9/h2-3H,1H2. The summed E-state index contributed by atoms with van der Waals surface area (Å²) in [6, 6.07) is 0. The lowest BCUT2D eigenvalue weighted by molar-refractivity contribution is 0.580. The first-order valence-electron chi connectivity index (χ1n) is 2.44. The summed E-state index contributed by atoms with van der Waals surface area (Å²) in [6.07, 6.45) is 2.52. The number of allylic oxidation sites excluding steroid dienone is 4. The van der Waals surface area contributed by atoms with E-state index in [1.807, 2.05) is 0 Å². The highest BCUT2D eigenvalue weighted by Crippen LogP contribution is 2.27. The average molecular weight is 194 g/mol. The van der Waals surface area contributed by atoms with Crippen LogP contribution in [0.3, 0.4) is 0 Å². The van der Waals surface area contributed by atoms with Crippen LogP contribution in [0.25, 0.3) is 0 Å². The third kappa shape index (κ3) is 1.61. The molecule has 0 aromatic heterocycles. The molecule has 0 atom stereocenters. The lowest BCUT2D eigenvalue weighted by Gasteiger charge is -2.03. The van der Waals surface area contributed by atoms with Gasteiger partial charge in [-0.25, -0.2) is 8.78 Å². The minimum absolute atomic E-state index is 0.188. The van der Waals surface area contributed by atoms with Crippen LogP contribution in [0.4, 0.5) is 8.78 Å². The Morgan fingerprint density at radius 2 is 2.11 bits per heavy atom. The zero-order valence-corrected chi connectivity index (χ0v) is 6.08. The van der Waals surface area contributed by atoms with Gasteiger partial charge >= 0.3 is 0 Å². The highest BCUT2D eigenvalue weighted by Gasteiger charge is 2.10. The Bertz CT molecular complexity index is 181. The van der Waals surface area contributed by atoms with E-state index in [0.717, 1.165) is 6.08 Å². The second kappa shape index (κ2) is 2.60. The minimum atomic E-state index is -0.543. The molecule has 0 nitrogen and oxygen atoms in total. The fraction of sp³-hybridized carbons (Fsp3) is 0.167. The molecular formula is C6H4BrF2. The van der Waals surface area contributed by atoms with Gasteiger partial charge in [-0.2, -0.15) is 0 Å². The maximum atomic E-state index is 12.3. The highest BCUT2D eigenvalue weighted by atomic mass is 79.9. The van der Waals surface area contributed by atoms with Crippen molar-refractivity contribution in [2.45, 2.75) is 6.42 Å². The minimum Gasteiger partial charge on any atom is -0.212 e. The van der Waals surface area contributed by atoms with E-state index >= 15 is 0 Å². The van der Waals surface area contributed by atoms with Crippen LogP contribution in [0.5, 0.6) is 0 Å². The summed E-state index contributed by atoms with van der Waals surface area (Å²) in [4.78, 5) is 0. The van der Waals surface area contributed by atoms with E-state index in [2.05, 4.69) is 15.9 Å². The Morgan fingerprint density at radius 1 is 1.44 bits per heavy atom. The van der Waals surface area contributed by atoms with Crippen molar-refractivity contribution in [3.63, 3.8) is 0 Å². The van der Waals surface area contributed by atoms with E-state index in [4.69, 9.17) is 0 Å². The number of hydrogen-bond acceptors (Lipinski definition) is 0. The number of rotatable bonds is 0. The van der Waals surface area contributed by atoms with E-state index in [1.165, 1.54) is 6.42 Å². The smallest absolute Gasteiger partial charge is 0.136 e. The Kier molecular flexibility index (Phi) is 2.01. The lowest BCUT2D eigenvalue weighted by atomic mass is 10.2. The van der Waals surface area contributed by atoms with Crippen LogP contribution in [0.2, 0.25) is 0 Å². The van der Waals surface area contributed by atoms with Crippen LogP contribution in [0.1, 0.15) is 6.42 Å². The molecule has 1 radical (unpaired) electrons. The van der Waals surface area contributed by atoms with Crippen molar-refractivity contribution in [1.29, 1.82) is 0 Å². The van der Waals surface area contributed by atoms with E-state index in [1.54, 1.807) is 0 Å². The first kappa shape index (κ1) is 6.93. The van der Waals surface area contributed by atoms with Gasteiger partial charge in [0.1, 0.15) is 11.7 Å². The van der Waals surface area contributed by atoms with Crippen LogP contribution in [0.15, 0.2) is 22.2 Å². The topological polar surface area (TPSA) is 0 Å². The third-order valence-corrected chi connectivity index (χ3v) is 1.69. The zero-order chi connectivity index (χ0) is 6.85. The molecule has 0 unspecified atom stereocenters. The molecule has 0 saturated carbocycles. The molecule has 0 saturated heterocycles. The predicted octanol–water partition coefficient (Wildman–Crippen LogP) is 3.02. The molecule has 0 amide bonds. The molecule has 1 aliphatic rings. The van der Waals surface area contributed by atoms with Gasteiger partial charge in [-0.3, -0.25) is 0 Å². The van der Waals surface area contributed by atoms with Crippen LogP contribution < -0.4 is 0 Å². The second-order valence-electron chi connectivity index (χ2n) is 1.70. The van der Waals surface area contributed by atoms with Gasteiger partial charge in [0, 0.05) is 23.4 Å². The normalized spacial score (nSPS) is 20.1. The van der Waals surface area contributed by atoms with Gasteiger partial charge in [0.05, 0.1) is 0 Å². The molecule has 0 fully saturated rings. The number of halogens is 3. The second-order valence-corrected chi connectivity index (χ2v) is 2.55. The molecule has 0 aliphatic heterocycles. The number of hydrogen-bond donors (Lipinski definition) is 0. The average Bonchev–Trinajstić information content (AvgIpc) is 1.80. The van der Waals surface area contributed by atoms with Crippen LogP contribution in [-0.2, 0) is 0 Å². The van der Waals surface area contributed by atoms with Gasteiger partial charge in [-0.1, -0.05) is 15.9 Å². The van der Waals surface area contributed by atoms with Crippen molar-refractivity contribution >= 4 is 15.9 Å². The van der Waals surface area contributed by atoms with Crippen molar-refractivity contribution in [3.8, 4) is 0 Å². The summed E-state index contributed by atoms with van der Waals surface area (Å²) >= 11 is 2.92. The highest BCUT2D eigenvalue weighted by molar-refractivity contribution is 9.11. The quantitative estimate of drug-likeness (QED) is 0.555. The largest absolute Gasteiger partial charge is 0.212 e. The molecule has 0 aromatic rings. The van der Waals surface area contributed by atoms with Gasteiger partial charge in [-0.15, -0.1) is 0 Å². The van der Waals surface area contributed by atoms with E-state index < -0.39 is 11.7 Å². The van der Waals surface area contributed by atoms with E-state index in [-0.39, 0.29) is 6.42 Å². The molecule has 1 rings (SSSR count). The molecule has 0 bridgehead atoms. The summed E-state index contributed by atoms with van der Waals surface area (Å²) in [5.74, 6) is -0.977. The fourth-order valence-electron chi connectivity index (χ4n) is 0.550. The van der Waals surface area contributed by atoms with Gasteiger partial charge in [0.2, 0.25) is 0 Å². The predicted molar refractivity (Wildman–Crippen MR) is 35.2 cm³/mol. The first-order valence-corrected chi connectivity index (χ1v) is 3.24. The van der Waals surface area contributed by atoms with Crippen LogP contribution >= 0.6 is 15.9 Å². The molecule has 0 heterocycles. The van der Waals surface area contributed by atoms with Crippen molar-refractivity contribution in [2.24, 2.45) is 0 Å². The van der Waals surface area contributed by atoms with Crippen molar-refractivity contribution in [3.05, 3.63) is 28.6 Å². The van der Waals surface area contributed by atoms with Gasteiger partial charge in [-0.05, 0) is 0 Å². The molecular weight excluding hydrogens is 190 g/mol. The maximum absolute atomic E-state index is 12.3. The monoisotopic (exact) mass is 193 g/mol. The van der Waals surface area contributed by atoms with E-state index in [0.29, 0.717) is 4.48 Å². The Morgan fingerprint density at radius 3 is 2.56 bits per heavy atom. The van der Waals surface area contributed by atoms with Crippen molar-refractivity contribution in [1.82, 2.24) is 0 Å². The van der Waals surface area contributed by atoms with Gasteiger partial charge < -0.3 is 0 Å². The Labute approximate surface area is 60.4 Å². The molecule has 1 aliphatic carbocycles. The molecule has 0 spiro atoms. The van der Waals surface area contributed by atoms with E-state index in [9.17, 15) is 8.78 Å². The molecule has 9 heavy (non-hydrogen) atoms. The molecule has 0 N–H and O–H groups in total. The summed E-state index contributed by atoms with van der Waals surface area (Å²) in [7, 11) is 0. The summed E-state index contributed by atoms with van der Waals surface area (Å²) in [6.45, 7) is 0. The molecule has 3 heteroatoms. The summed E-state index contributed by atoms with van der Waals surface area (Å²) in [5.41, 5.74) is 0. The van der Waals surface area contributed by atoms with Gasteiger partial charge in [0.15, 0.2) is 0 Å². The van der Waals surface area contributed by atoms with Crippen molar-refractivity contribution < 1.29 is 8.78 Å². The fourth-order valence-corrected chi connectivity index (χ4v) is 0.826. The summed E-state index contributed by atoms with van der Waals surface area (Å²) in [5, 5.41) is 0. The lowest BCUT2D eigenvalue weighted by Crippen LogP contribution is -1.88. The first-order chi connectivity index (χ1) is 4.20. The molecule has 0 aromatic carbocycles. The van der Waals surface area contributed by atoms with Gasteiger partial charge in [0.25, 0.3) is 0 Å². The zero-order valence-electron chi connectivity index (χ0n) is 4.50.